The number of aromatic nitrogens is 2. The van der Waals surface area contributed by atoms with Crippen LogP contribution in [0, 0.1) is 0 Å². The Morgan fingerprint density at radius 2 is 1.64 bits per heavy atom. The van der Waals surface area contributed by atoms with Crippen LogP contribution < -0.4 is 11.0 Å². The van der Waals surface area contributed by atoms with Crippen LogP contribution in [0.2, 0.25) is 0 Å². The standard InChI is InChI=1S/C19H29N5O/c25-19-21-17-4-1-2-5-18(17)24(19)16-6-12-22(13-7-16)10-3-11-23-14-8-20-9-15-23/h1-2,4-5,16,20H,3,6-15H2,(H,21,25). The molecule has 2 aromatic rings. The molecule has 0 bridgehead atoms. The molecule has 1 aromatic heterocycles. The lowest BCUT2D eigenvalue weighted by Crippen LogP contribution is -2.44. The molecular weight excluding hydrogens is 314 g/mol. The lowest BCUT2D eigenvalue weighted by molar-refractivity contribution is 0.169. The zero-order valence-electron chi connectivity index (χ0n) is 14.9. The molecule has 3 heterocycles. The fraction of sp³-hybridized carbons (Fsp3) is 0.632. The average Bonchev–Trinajstić information content (AvgIpc) is 2.99. The van der Waals surface area contributed by atoms with Gasteiger partial charge in [-0.1, -0.05) is 12.1 Å². The maximum atomic E-state index is 12.3. The molecule has 0 spiro atoms. The number of H-pyrrole nitrogens is 1. The SMILES string of the molecule is O=c1[nH]c2ccccc2n1C1CCN(CCCN2CCNCC2)CC1. The highest BCUT2D eigenvalue weighted by Gasteiger charge is 2.23. The van der Waals surface area contributed by atoms with Crippen LogP contribution in [0.5, 0.6) is 0 Å². The second-order valence-corrected chi connectivity index (χ2v) is 7.34. The van der Waals surface area contributed by atoms with E-state index < -0.39 is 0 Å². The lowest BCUT2D eigenvalue weighted by atomic mass is 10.0. The number of nitrogens with zero attached hydrogens (tertiary/aromatic N) is 3. The number of likely N-dealkylation sites (tertiary alicyclic amines) is 1. The molecule has 4 rings (SSSR count). The highest BCUT2D eigenvalue weighted by Crippen LogP contribution is 2.24. The second-order valence-electron chi connectivity index (χ2n) is 7.34. The van der Waals surface area contributed by atoms with Gasteiger partial charge in [-0.15, -0.1) is 0 Å². The van der Waals surface area contributed by atoms with Crippen molar-refractivity contribution in [2.75, 3.05) is 52.4 Å². The van der Waals surface area contributed by atoms with E-state index in [1.54, 1.807) is 0 Å². The Labute approximate surface area is 148 Å². The van der Waals surface area contributed by atoms with E-state index in [4.69, 9.17) is 0 Å². The molecular formula is C19H29N5O. The first-order chi connectivity index (χ1) is 12.3. The van der Waals surface area contributed by atoms with Gasteiger partial charge in [0, 0.05) is 45.3 Å². The van der Waals surface area contributed by atoms with Gasteiger partial charge in [0.1, 0.15) is 0 Å². The number of nitrogens with one attached hydrogen (secondary N) is 2. The smallest absolute Gasteiger partial charge is 0.314 e. The molecule has 2 fully saturated rings. The minimum Gasteiger partial charge on any atom is -0.314 e. The summed E-state index contributed by atoms with van der Waals surface area (Å²) in [6.07, 6.45) is 3.38. The summed E-state index contributed by atoms with van der Waals surface area (Å²) in [5.41, 5.74) is 2.04. The first-order valence-corrected chi connectivity index (χ1v) is 9.66. The molecule has 1 aromatic carbocycles. The maximum absolute atomic E-state index is 12.3. The molecule has 0 saturated carbocycles. The average molecular weight is 343 g/mol. The van der Waals surface area contributed by atoms with Crippen LogP contribution in [0.3, 0.4) is 0 Å². The van der Waals surface area contributed by atoms with Crippen LogP contribution in [0.15, 0.2) is 29.1 Å². The molecule has 0 aliphatic carbocycles. The number of rotatable bonds is 5. The monoisotopic (exact) mass is 343 g/mol. The van der Waals surface area contributed by atoms with Crippen molar-refractivity contribution in [1.29, 1.82) is 0 Å². The zero-order valence-corrected chi connectivity index (χ0v) is 14.9. The van der Waals surface area contributed by atoms with Gasteiger partial charge in [-0.25, -0.2) is 4.79 Å². The third-order valence-electron chi connectivity index (χ3n) is 5.70. The maximum Gasteiger partial charge on any atom is 0.326 e. The first-order valence-electron chi connectivity index (χ1n) is 9.66. The molecule has 0 unspecified atom stereocenters. The Morgan fingerprint density at radius 3 is 2.40 bits per heavy atom. The highest BCUT2D eigenvalue weighted by molar-refractivity contribution is 5.75. The van der Waals surface area contributed by atoms with Gasteiger partial charge < -0.3 is 20.1 Å². The Kier molecular flexibility index (Phi) is 5.20. The summed E-state index contributed by atoms with van der Waals surface area (Å²) in [5, 5.41) is 3.41. The van der Waals surface area contributed by atoms with Crippen LogP contribution in [0.4, 0.5) is 0 Å². The quantitative estimate of drug-likeness (QED) is 0.858. The van der Waals surface area contributed by atoms with Gasteiger partial charge in [0.15, 0.2) is 0 Å². The summed E-state index contributed by atoms with van der Waals surface area (Å²) in [5.74, 6) is 0. The highest BCUT2D eigenvalue weighted by atomic mass is 16.1. The second kappa shape index (κ2) is 7.72. The van der Waals surface area contributed by atoms with Crippen molar-refractivity contribution < 1.29 is 0 Å². The topological polar surface area (TPSA) is 56.3 Å². The van der Waals surface area contributed by atoms with Gasteiger partial charge in [0.25, 0.3) is 0 Å². The van der Waals surface area contributed by atoms with E-state index in [2.05, 4.69) is 20.1 Å². The summed E-state index contributed by atoms with van der Waals surface area (Å²) >= 11 is 0. The molecule has 2 aliphatic rings. The van der Waals surface area contributed by atoms with E-state index in [1.807, 2.05) is 28.8 Å². The molecule has 2 aliphatic heterocycles. The lowest BCUT2D eigenvalue weighted by Gasteiger charge is -2.33. The van der Waals surface area contributed by atoms with Crippen molar-refractivity contribution in [2.45, 2.75) is 25.3 Å². The number of fused-ring (bicyclic) bond motifs is 1. The molecule has 6 heteroatoms. The van der Waals surface area contributed by atoms with Crippen LogP contribution in [0.25, 0.3) is 11.0 Å². The summed E-state index contributed by atoms with van der Waals surface area (Å²) in [6, 6.07) is 8.35. The van der Waals surface area contributed by atoms with E-state index in [1.165, 1.54) is 32.6 Å². The van der Waals surface area contributed by atoms with Gasteiger partial charge in [-0.2, -0.15) is 0 Å². The van der Waals surface area contributed by atoms with Gasteiger partial charge in [-0.05, 0) is 44.5 Å². The Morgan fingerprint density at radius 1 is 0.960 bits per heavy atom. The molecule has 0 atom stereocenters. The van der Waals surface area contributed by atoms with Crippen molar-refractivity contribution in [3.63, 3.8) is 0 Å². The number of para-hydroxylation sites is 2. The number of hydrogen-bond donors (Lipinski definition) is 2. The van der Waals surface area contributed by atoms with Crippen molar-refractivity contribution in [2.24, 2.45) is 0 Å². The minimum absolute atomic E-state index is 0.0401. The van der Waals surface area contributed by atoms with Crippen molar-refractivity contribution in [3.8, 4) is 0 Å². The molecule has 25 heavy (non-hydrogen) atoms. The molecule has 2 N–H and O–H groups in total. The van der Waals surface area contributed by atoms with Crippen LogP contribution in [-0.4, -0.2) is 71.7 Å². The normalized spacial score (nSPS) is 21.1. The summed E-state index contributed by atoms with van der Waals surface area (Å²) < 4.78 is 1.98. The third kappa shape index (κ3) is 3.81. The van der Waals surface area contributed by atoms with Crippen LogP contribution >= 0.6 is 0 Å². The number of aromatic amines is 1. The van der Waals surface area contributed by atoms with E-state index in [-0.39, 0.29) is 5.69 Å². The number of benzene rings is 1. The molecule has 0 amide bonds. The van der Waals surface area contributed by atoms with E-state index in [9.17, 15) is 4.79 Å². The van der Waals surface area contributed by atoms with Crippen molar-refractivity contribution >= 4 is 11.0 Å². The van der Waals surface area contributed by atoms with Gasteiger partial charge in [0.2, 0.25) is 0 Å². The summed E-state index contributed by atoms with van der Waals surface area (Å²) in [7, 11) is 0. The van der Waals surface area contributed by atoms with E-state index >= 15 is 0 Å². The number of hydrogen-bond acceptors (Lipinski definition) is 4. The molecule has 136 valence electrons. The van der Waals surface area contributed by atoms with Gasteiger partial charge in [0.05, 0.1) is 11.0 Å². The van der Waals surface area contributed by atoms with E-state index in [0.29, 0.717) is 6.04 Å². The largest absolute Gasteiger partial charge is 0.326 e. The zero-order chi connectivity index (χ0) is 17.1. The van der Waals surface area contributed by atoms with Crippen LogP contribution in [0.1, 0.15) is 25.3 Å². The number of piperidine rings is 1. The predicted molar refractivity (Wildman–Crippen MR) is 101 cm³/mol. The van der Waals surface area contributed by atoms with Gasteiger partial charge in [-0.3, -0.25) is 4.57 Å². The van der Waals surface area contributed by atoms with Crippen molar-refractivity contribution in [1.82, 2.24) is 24.7 Å². The van der Waals surface area contributed by atoms with Crippen LogP contribution in [-0.2, 0) is 0 Å². The summed E-state index contributed by atoms with van der Waals surface area (Å²) in [6.45, 7) is 9.21. The molecule has 2 saturated heterocycles. The molecule has 0 radical (unpaired) electrons. The Balaban J connectivity index is 1.29. The third-order valence-corrected chi connectivity index (χ3v) is 5.70. The van der Waals surface area contributed by atoms with Crippen molar-refractivity contribution in [3.05, 3.63) is 34.7 Å². The minimum atomic E-state index is 0.0401. The Bertz CT molecular complexity index is 738. The Hall–Kier alpha value is -1.63. The number of imidazole rings is 1. The predicted octanol–water partition coefficient (Wildman–Crippen LogP) is 1.26. The summed E-state index contributed by atoms with van der Waals surface area (Å²) in [4.78, 5) is 20.5. The fourth-order valence-corrected chi connectivity index (χ4v) is 4.29. The number of piperazine rings is 1. The first kappa shape index (κ1) is 16.8. The van der Waals surface area contributed by atoms with E-state index in [0.717, 1.165) is 50.1 Å². The molecule has 6 nitrogen and oxygen atoms in total. The fourth-order valence-electron chi connectivity index (χ4n) is 4.29. The van der Waals surface area contributed by atoms with Gasteiger partial charge >= 0.3 is 5.69 Å².